The smallest absolute Gasteiger partial charge is 0.00756 e. The van der Waals surface area contributed by atoms with Gasteiger partial charge in [0.2, 0.25) is 0 Å². The summed E-state index contributed by atoms with van der Waals surface area (Å²) in [6.07, 6.45) is 5.21. The molecular weight excluding hydrogens is 182 g/mol. The fraction of sp³-hybridized carbons (Fsp3) is 0.571. The Labute approximate surface area is 92.7 Å². The van der Waals surface area contributed by atoms with Gasteiger partial charge in [-0.25, -0.2) is 0 Å². The molecule has 82 valence electrons. The van der Waals surface area contributed by atoms with Crippen molar-refractivity contribution < 1.29 is 0 Å². The fourth-order valence-electron chi connectivity index (χ4n) is 2.73. The molecule has 0 heterocycles. The lowest BCUT2D eigenvalue weighted by atomic mass is 9.78. The molecule has 1 fully saturated rings. The summed E-state index contributed by atoms with van der Waals surface area (Å²) >= 11 is 0. The van der Waals surface area contributed by atoms with Gasteiger partial charge in [0.05, 0.1) is 0 Å². The summed E-state index contributed by atoms with van der Waals surface area (Å²) in [5.74, 6) is 0. The van der Waals surface area contributed by atoms with Gasteiger partial charge in [0.15, 0.2) is 0 Å². The van der Waals surface area contributed by atoms with E-state index < -0.39 is 0 Å². The first-order valence-corrected chi connectivity index (χ1v) is 5.96. The molecule has 0 atom stereocenters. The predicted molar refractivity (Wildman–Crippen MR) is 65.1 cm³/mol. The molecule has 0 aromatic heterocycles. The van der Waals surface area contributed by atoms with Crippen LogP contribution in [-0.2, 0) is 5.41 Å². The van der Waals surface area contributed by atoms with E-state index in [0.29, 0.717) is 5.41 Å². The lowest BCUT2D eigenvalue weighted by Crippen LogP contribution is -2.32. The lowest BCUT2D eigenvalue weighted by Gasteiger charge is -2.28. The first-order valence-electron chi connectivity index (χ1n) is 5.96. The van der Waals surface area contributed by atoms with E-state index in [1.165, 1.54) is 42.4 Å². The molecule has 0 aliphatic heterocycles. The number of hydrogen-bond donors (Lipinski definition) is 1. The zero-order valence-electron chi connectivity index (χ0n) is 9.84. The van der Waals surface area contributed by atoms with Crippen LogP contribution >= 0.6 is 0 Å². The number of nitrogens with two attached hydrogens (primary N) is 1. The molecule has 1 saturated carbocycles. The van der Waals surface area contributed by atoms with Gasteiger partial charge < -0.3 is 5.73 Å². The molecule has 0 spiro atoms. The minimum Gasteiger partial charge on any atom is -0.330 e. The van der Waals surface area contributed by atoms with Gasteiger partial charge in [-0.3, -0.25) is 0 Å². The second-order valence-corrected chi connectivity index (χ2v) is 4.99. The molecule has 1 aliphatic rings. The standard InChI is InChI=1S/C14H21N/c1-11-5-6-13(9-12(11)2)14(10-15)7-3-4-8-14/h5-6,9H,3-4,7-8,10,15H2,1-2H3. The van der Waals surface area contributed by atoms with Crippen molar-refractivity contribution in [1.29, 1.82) is 0 Å². The fourth-order valence-corrected chi connectivity index (χ4v) is 2.73. The highest BCUT2D eigenvalue weighted by molar-refractivity contribution is 5.35. The topological polar surface area (TPSA) is 26.0 Å². The summed E-state index contributed by atoms with van der Waals surface area (Å²) in [5, 5.41) is 0. The number of aryl methyl sites for hydroxylation is 2. The van der Waals surface area contributed by atoms with Crippen LogP contribution in [0.4, 0.5) is 0 Å². The van der Waals surface area contributed by atoms with Gasteiger partial charge in [-0.2, -0.15) is 0 Å². The van der Waals surface area contributed by atoms with Crippen LogP contribution in [0, 0.1) is 13.8 Å². The van der Waals surface area contributed by atoms with E-state index in [2.05, 4.69) is 32.0 Å². The van der Waals surface area contributed by atoms with Gasteiger partial charge in [0, 0.05) is 12.0 Å². The van der Waals surface area contributed by atoms with Crippen molar-refractivity contribution >= 4 is 0 Å². The zero-order valence-corrected chi connectivity index (χ0v) is 9.84. The highest BCUT2D eigenvalue weighted by Crippen LogP contribution is 2.40. The molecule has 1 heteroatoms. The molecule has 1 aliphatic carbocycles. The van der Waals surface area contributed by atoms with Crippen molar-refractivity contribution in [3.05, 3.63) is 34.9 Å². The Kier molecular flexibility index (Phi) is 2.83. The number of benzene rings is 1. The maximum Gasteiger partial charge on any atom is 0.00756 e. The highest BCUT2D eigenvalue weighted by atomic mass is 14.6. The Balaban J connectivity index is 2.38. The summed E-state index contributed by atoms with van der Waals surface area (Å²) in [4.78, 5) is 0. The zero-order chi connectivity index (χ0) is 10.9. The van der Waals surface area contributed by atoms with Crippen molar-refractivity contribution in [2.24, 2.45) is 5.73 Å². The van der Waals surface area contributed by atoms with Gasteiger partial charge in [-0.15, -0.1) is 0 Å². The number of rotatable bonds is 2. The van der Waals surface area contributed by atoms with Crippen LogP contribution in [0.1, 0.15) is 42.4 Å². The SMILES string of the molecule is Cc1ccc(C2(CN)CCCC2)cc1C. The third-order valence-corrected chi connectivity index (χ3v) is 4.07. The highest BCUT2D eigenvalue weighted by Gasteiger charge is 2.34. The molecule has 0 saturated heterocycles. The molecule has 15 heavy (non-hydrogen) atoms. The Morgan fingerprint density at radius 2 is 1.80 bits per heavy atom. The molecule has 1 aromatic carbocycles. The first-order chi connectivity index (χ1) is 7.18. The third kappa shape index (κ3) is 1.81. The van der Waals surface area contributed by atoms with E-state index >= 15 is 0 Å². The summed E-state index contributed by atoms with van der Waals surface area (Å²) in [6.45, 7) is 5.16. The van der Waals surface area contributed by atoms with E-state index in [9.17, 15) is 0 Å². The van der Waals surface area contributed by atoms with E-state index in [0.717, 1.165) is 6.54 Å². The third-order valence-electron chi connectivity index (χ3n) is 4.07. The van der Waals surface area contributed by atoms with Crippen LogP contribution < -0.4 is 5.73 Å². The molecule has 2 rings (SSSR count). The predicted octanol–water partition coefficient (Wildman–Crippen LogP) is 3.07. The van der Waals surface area contributed by atoms with Gasteiger partial charge in [-0.05, 0) is 43.4 Å². The molecule has 1 aromatic rings. The largest absolute Gasteiger partial charge is 0.330 e. The summed E-state index contributed by atoms with van der Waals surface area (Å²) < 4.78 is 0. The Bertz CT molecular complexity index is 348. The number of hydrogen-bond acceptors (Lipinski definition) is 1. The van der Waals surface area contributed by atoms with Crippen LogP contribution in [0.15, 0.2) is 18.2 Å². The molecular formula is C14H21N. The van der Waals surface area contributed by atoms with E-state index in [-0.39, 0.29) is 0 Å². The van der Waals surface area contributed by atoms with Crippen LogP contribution in [0.25, 0.3) is 0 Å². The van der Waals surface area contributed by atoms with Gasteiger partial charge in [0.25, 0.3) is 0 Å². The second kappa shape index (κ2) is 3.97. The maximum absolute atomic E-state index is 5.99. The molecule has 1 nitrogen and oxygen atoms in total. The quantitative estimate of drug-likeness (QED) is 0.785. The minimum atomic E-state index is 0.290. The molecule has 0 bridgehead atoms. The molecule has 0 unspecified atom stereocenters. The van der Waals surface area contributed by atoms with Crippen molar-refractivity contribution in [1.82, 2.24) is 0 Å². The van der Waals surface area contributed by atoms with E-state index in [1.807, 2.05) is 0 Å². The van der Waals surface area contributed by atoms with Crippen LogP contribution in [0.2, 0.25) is 0 Å². The van der Waals surface area contributed by atoms with Crippen molar-refractivity contribution in [2.75, 3.05) is 6.54 Å². The summed E-state index contributed by atoms with van der Waals surface area (Å²) in [5.41, 5.74) is 10.5. The Morgan fingerprint density at radius 1 is 1.13 bits per heavy atom. The lowest BCUT2D eigenvalue weighted by molar-refractivity contribution is 0.452. The van der Waals surface area contributed by atoms with E-state index in [4.69, 9.17) is 5.73 Å². The molecule has 0 radical (unpaired) electrons. The van der Waals surface area contributed by atoms with Crippen LogP contribution in [0.5, 0.6) is 0 Å². The summed E-state index contributed by atoms with van der Waals surface area (Å²) in [6, 6.07) is 6.86. The summed E-state index contributed by atoms with van der Waals surface area (Å²) in [7, 11) is 0. The van der Waals surface area contributed by atoms with Crippen LogP contribution in [0.3, 0.4) is 0 Å². The van der Waals surface area contributed by atoms with Crippen molar-refractivity contribution in [3.63, 3.8) is 0 Å². The molecule has 0 amide bonds. The Hall–Kier alpha value is -0.820. The second-order valence-electron chi connectivity index (χ2n) is 4.99. The average Bonchev–Trinajstić information content (AvgIpc) is 2.72. The van der Waals surface area contributed by atoms with Crippen molar-refractivity contribution in [3.8, 4) is 0 Å². The van der Waals surface area contributed by atoms with Crippen molar-refractivity contribution in [2.45, 2.75) is 44.9 Å². The first kappa shape index (κ1) is 10.7. The maximum atomic E-state index is 5.99. The Morgan fingerprint density at radius 3 is 2.33 bits per heavy atom. The van der Waals surface area contributed by atoms with Gasteiger partial charge >= 0.3 is 0 Å². The molecule has 2 N–H and O–H groups in total. The average molecular weight is 203 g/mol. The van der Waals surface area contributed by atoms with E-state index in [1.54, 1.807) is 0 Å². The normalized spacial score (nSPS) is 19.4. The van der Waals surface area contributed by atoms with Crippen LogP contribution in [-0.4, -0.2) is 6.54 Å². The monoisotopic (exact) mass is 203 g/mol. The minimum absolute atomic E-state index is 0.290. The van der Waals surface area contributed by atoms with Gasteiger partial charge in [-0.1, -0.05) is 31.0 Å². The van der Waals surface area contributed by atoms with Gasteiger partial charge in [0.1, 0.15) is 0 Å².